The van der Waals surface area contributed by atoms with E-state index in [1.807, 2.05) is 12.5 Å². The third-order valence-corrected chi connectivity index (χ3v) is 3.30. The fourth-order valence-corrected chi connectivity index (χ4v) is 2.31. The van der Waals surface area contributed by atoms with E-state index < -0.39 is 0 Å². The Morgan fingerprint density at radius 3 is 3.18 bits per heavy atom. The van der Waals surface area contributed by atoms with E-state index in [-0.39, 0.29) is 0 Å². The first-order valence-electron chi connectivity index (χ1n) is 6.56. The van der Waals surface area contributed by atoms with Crippen molar-refractivity contribution < 1.29 is 4.74 Å². The first-order valence-corrected chi connectivity index (χ1v) is 6.56. The number of imidazole rings is 1. The summed E-state index contributed by atoms with van der Waals surface area (Å²) >= 11 is 0. The van der Waals surface area contributed by atoms with E-state index in [9.17, 15) is 0 Å². The smallest absolute Gasteiger partial charge is 0.0951 e. The maximum atomic E-state index is 5.47. The van der Waals surface area contributed by atoms with Gasteiger partial charge in [0.2, 0.25) is 0 Å². The number of rotatable bonds is 5. The van der Waals surface area contributed by atoms with Crippen LogP contribution in [0.4, 0.5) is 0 Å². The van der Waals surface area contributed by atoms with Crippen LogP contribution in [-0.4, -0.2) is 29.3 Å². The van der Waals surface area contributed by atoms with Gasteiger partial charge in [0.15, 0.2) is 0 Å². The Labute approximate surface area is 103 Å². The third-order valence-electron chi connectivity index (χ3n) is 3.30. The van der Waals surface area contributed by atoms with Crippen LogP contribution in [-0.2, 0) is 11.3 Å². The van der Waals surface area contributed by atoms with E-state index in [4.69, 9.17) is 4.74 Å². The average Bonchev–Trinajstić information content (AvgIpc) is 2.79. The summed E-state index contributed by atoms with van der Waals surface area (Å²) < 4.78 is 7.69. The van der Waals surface area contributed by atoms with Crippen molar-refractivity contribution in [3.8, 4) is 0 Å². The molecule has 1 fully saturated rings. The molecule has 0 saturated carbocycles. The molecular formula is C13H23N3O. The molecule has 2 heterocycles. The van der Waals surface area contributed by atoms with Gasteiger partial charge in [-0.05, 0) is 32.6 Å². The Kier molecular flexibility index (Phi) is 4.57. The fourth-order valence-electron chi connectivity index (χ4n) is 2.31. The molecule has 4 heteroatoms. The molecule has 0 amide bonds. The van der Waals surface area contributed by atoms with Crippen molar-refractivity contribution in [3.05, 3.63) is 18.2 Å². The van der Waals surface area contributed by atoms with Crippen LogP contribution in [0.3, 0.4) is 0 Å². The first-order chi connectivity index (χ1) is 8.27. The summed E-state index contributed by atoms with van der Waals surface area (Å²) in [6.07, 6.45) is 6.35. The van der Waals surface area contributed by atoms with Gasteiger partial charge in [-0.25, -0.2) is 4.98 Å². The maximum absolute atomic E-state index is 5.47. The lowest BCUT2D eigenvalue weighted by Gasteiger charge is -2.22. The molecule has 1 aliphatic heterocycles. The topological polar surface area (TPSA) is 39.1 Å². The van der Waals surface area contributed by atoms with Crippen molar-refractivity contribution in [3.63, 3.8) is 0 Å². The van der Waals surface area contributed by atoms with Gasteiger partial charge in [0.25, 0.3) is 0 Å². The van der Waals surface area contributed by atoms with Gasteiger partial charge in [-0.3, -0.25) is 0 Å². The Hall–Kier alpha value is -0.870. The highest BCUT2D eigenvalue weighted by Crippen LogP contribution is 2.13. The summed E-state index contributed by atoms with van der Waals surface area (Å²) in [6, 6.07) is 0.479. The summed E-state index contributed by atoms with van der Waals surface area (Å²) in [5, 5.41) is 3.51. The largest absolute Gasteiger partial charge is 0.381 e. The fraction of sp³-hybridized carbons (Fsp3) is 0.769. The van der Waals surface area contributed by atoms with Gasteiger partial charge in [0.05, 0.1) is 18.6 Å². The van der Waals surface area contributed by atoms with Crippen molar-refractivity contribution in [1.82, 2.24) is 14.9 Å². The number of nitrogens with one attached hydrogen (secondary N) is 1. The zero-order valence-corrected chi connectivity index (χ0v) is 10.9. The quantitative estimate of drug-likeness (QED) is 0.851. The SMILES string of the molecule is CC(C)n1cncc1CNCC1CCCOC1. The van der Waals surface area contributed by atoms with Gasteiger partial charge in [0.1, 0.15) is 0 Å². The molecule has 1 aliphatic rings. The van der Waals surface area contributed by atoms with Crippen LogP contribution in [0.1, 0.15) is 38.4 Å². The number of hydrogen-bond acceptors (Lipinski definition) is 3. The second-order valence-corrected chi connectivity index (χ2v) is 5.10. The van der Waals surface area contributed by atoms with Crippen LogP contribution in [0, 0.1) is 5.92 Å². The second kappa shape index (κ2) is 6.17. The summed E-state index contributed by atoms with van der Waals surface area (Å²) in [7, 11) is 0. The van der Waals surface area contributed by atoms with Gasteiger partial charge in [0, 0.05) is 31.9 Å². The molecule has 1 saturated heterocycles. The minimum Gasteiger partial charge on any atom is -0.381 e. The van der Waals surface area contributed by atoms with Gasteiger partial charge in [-0.15, -0.1) is 0 Å². The summed E-state index contributed by atoms with van der Waals surface area (Å²) in [5.41, 5.74) is 1.26. The molecule has 0 spiro atoms. The molecule has 1 aromatic rings. The highest BCUT2D eigenvalue weighted by atomic mass is 16.5. The van der Waals surface area contributed by atoms with Gasteiger partial charge in [-0.1, -0.05) is 0 Å². The van der Waals surface area contributed by atoms with Crippen LogP contribution in [0.2, 0.25) is 0 Å². The Balaban J connectivity index is 1.75. The van der Waals surface area contributed by atoms with E-state index >= 15 is 0 Å². The van der Waals surface area contributed by atoms with Gasteiger partial charge in [-0.2, -0.15) is 0 Å². The molecule has 1 N–H and O–H groups in total. The molecule has 0 radical (unpaired) electrons. The normalized spacial score (nSPS) is 21.0. The van der Waals surface area contributed by atoms with Crippen molar-refractivity contribution >= 4 is 0 Å². The molecule has 96 valence electrons. The van der Waals surface area contributed by atoms with Crippen LogP contribution >= 0.6 is 0 Å². The molecule has 4 nitrogen and oxygen atoms in total. The predicted molar refractivity (Wildman–Crippen MR) is 67.9 cm³/mol. The Bertz CT molecular complexity index is 329. The lowest BCUT2D eigenvalue weighted by molar-refractivity contribution is 0.0547. The number of ether oxygens (including phenoxy) is 1. The monoisotopic (exact) mass is 237 g/mol. The highest BCUT2D eigenvalue weighted by molar-refractivity contribution is 4.99. The Morgan fingerprint density at radius 1 is 1.59 bits per heavy atom. The van der Waals surface area contributed by atoms with Crippen molar-refractivity contribution in [2.45, 2.75) is 39.3 Å². The molecule has 1 unspecified atom stereocenters. The van der Waals surface area contributed by atoms with Crippen LogP contribution in [0.15, 0.2) is 12.5 Å². The highest BCUT2D eigenvalue weighted by Gasteiger charge is 2.13. The van der Waals surface area contributed by atoms with Crippen LogP contribution in [0.5, 0.6) is 0 Å². The maximum Gasteiger partial charge on any atom is 0.0951 e. The number of nitrogens with zero attached hydrogens (tertiary/aromatic N) is 2. The lowest BCUT2D eigenvalue weighted by atomic mass is 10.0. The third kappa shape index (κ3) is 3.54. The number of aromatic nitrogens is 2. The van der Waals surface area contributed by atoms with Gasteiger partial charge >= 0.3 is 0 Å². The molecular weight excluding hydrogens is 214 g/mol. The molecule has 0 bridgehead atoms. The van der Waals surface area contributed by atoms with Crippen molar-refractivity contribution in [2.24, 2.45) is 5.92 Å². The minimum atomic E-state index is 0.479. The second-order valence-electron chi connectivity index (χ2n) is 5.10. The van der Waals surface area contributed by atoms with Crippen LogP contribution < -0.4 is 5.32 Å². The summed E-state index contributed by atoms with van der Waals surface area (Å²) in [4.78, 5) is 4.21. The zero-order valence-electron chi connectivity index (χ0n) is 10.9. The van der Waals surface area contributed by atoms with E-state index in [2.05, 4.69) is 28.7 Å². The van der Waals surface area contributed by atoms with Gasteiger partial charge < -0.3 is 14.6 Å². The average molecular weight is 237 g/mol. The lowest BCUT2D eigenvalue weighted by Crippen LogP contribution is -2.29. The van der Waals surface area contributed by atoms with Crippen LogP contribution in [0.25, 0.3) is 0 Å². The summed E-state index contributed by atoms with van der Waals surface area (Å²) in [5.74, 6) is 0.680. The first kappa shape index (κ1) is 12.6. The standard InChI is InChI=1S/C13H23N3O/c1-11(2)16-10-15-8-13(16)7-14-6-12-4-3-5-17-9-12/h8,10-12,14H,3-7,9H2,1-2H3. The molecule has 1 atom stereocenters. The summed E-state index contributed by atoms with van der Waals surface area (Å²) in [6.45, 7) is 8.16. The minimum absolute atomic E-state index is 0.479. The van der Waals surface area contributed by atoms with Crippen molar-refractivity contribution in [2.75, 3.05) is 19.8 Å². The predicted octanol–water partition coefficient (Wildman–Crippen LogP) is 1.98. The van der Waals surface area contributed by atoms with E-state index in [0.717, 1.165) is 26.3 Å². The molecule has 0 aliphatic carbocycles. The van der Waals surface area contributed by atoms with E-state index in [1.54, 1.807) is 0 Å². The molecule has 0 aromatic carbocycles. The molecule has 2 rings (SSSR count). The van der Waals surface area contributed by atoms with E-state index in [1.165, 1.54) is 18.5 Å². The number of hydrogen-bond donors (Lipinski definition) is 1. The van der Waals surface area contributed by atoms with Crippen molar-refractivity contribution in [1.29, 1.82) is 0 Å². The Morgan fingerprint density at radius 2 is 2.47 bits per heavy atom. The van der Waals surface area contributed by atoms with E-state index in [0.29, 0.717) is 12.0 Å². The molecule has 17 heavy (non-hydrogen) atoms. The zero-order chi connectivity index (χ0) is 12.1. The molecule has 1 aromatic heterocycles.